The van der Waals surface area contributed by atoms with Crippen LogP contribution in [0.2, 0.25) is 0 Å². The molecule has 1 N–H and O–H groups in total. The average Bonchev–Trinajstić information content (AvgIpc) is 3.04. The van der Waals surface area contributed by atoms with E-state index in [-0.39, 0.29) is 11.9 Å². The first-order valence-corrected chi connectivity index (χ1v) is 8.18. The maximum Gasteiger partial charge on any atom is 0.241 e. The van der Waals surface area contributed by atoms with Gasteiger partial charge in [0.25, 0.3) is 0 Å². The van der Waals surface area contributed by atoms with Gasteiger partial charge < -0.3 is 5.32 Å². The van der Waals surface area contributed by atoms with Gasteiger partial charge in [-0.15, -0.1) is 5.10 Å². The monoisotopic (exact) mass is 312 g/mol. The second kappa shape index (κ2) is 6.08. The molecule has 2 aromatic rings. The van der Waals surface area contributed by atoms with Gasteiger partial charge in [0.2, 0.25) is 5.91 Å². The minimum atomic E-state index is 0.00675. The fourth-order valence-corrected chi connectivity index (χ4v) is 3.20. The Hall–Kier alpha value is -2.28. The number of nitrogens with one attached hydrogen (secondary N) is 1. The predicted octanol–water partition coefficient (Wildman–Crippen LogP) is 1.48. The lowest BCUT2D eigenvalue weighted by atomic mass is 10.2. The van der Waals surface area contributed by atoms with Crippen molar-refractivity contribution in [3.63, 3.8) is 0 Å². The first-order valence-electron chi connectivity index (χ1n) is 8.18. The molecule has 1 aromatic carbocycles. The molecule has 2 fully saturated rings. The molecule has 2 heterocycles. The number of anilines is 1. The summed E-state index contributed by atoms with van der Waals surface area (Å²) >= 11 is 0. The fraction of sp³-hybridized carbons (Fsp3) is 0.500. The Morgan fingerprint density at radius 2 is 2.22 bits per heavy atom. The van der Waals surface area contributed by atoms with E-state index in [0.717, 1.165) is 43.2 Å². The molecule has 1 saturated carbocycles. The van der Waals surface area contributed by atoms with E-state index >= 15 is 0 Å². The molecule has 0 spiro atoms. The molecule has 0 radical (unpaired) electrons. The molecule has 120 valence electrons. The smallest absolute Gasteiger partial charge is 0.241 e. The fourth-order valence-electron chi connectivity index (χ4n) is 3.20. The minimum absolute atomic E-state index is 0.00675. The summed E-state index contributed by atoms with van der Waals surface area (Å²) in [6.07, 6.45) is 6.23. The van der Waals surface area contributed by atoms with Gasteiger partial charge in [-0.25, -0.2) is 4.68 Å². The number of carbonyl (C=O) groups excluding carboxylic acids is 1. The van der Waals surface area contributed by atoms with Crippen LogP contribution in [0, 0.1) is 5.92 Å². The van der Waals surface area contributed by atoms with Gasteiger partial charge in [-0.1, -0.05) is 6.07 Å². The Labute approximate surface area is 134 Å². The third kappa shape index (κ3) is 3.24. The summed E-state index contributed by atoms with van der Waals surface area (Å²) in [5, 5.41) is 14.2. The number of likely N-dealkylation sites (tertiary alicyclic amines) is 1. The molecule has 1 amide bonds. The highest BCUT2D eigenvalue weighted by molar-refractivity contribution is 5.95. The molecule has 23 heavy (non-hydrogen) atoms. The van der Waals surface area contributed by atoms with Gasteiger partial charge in [0.1, 0.15) is 6.33 Å². The minimum Gasteiger partial charge on any atom is -0.325 e. The maximum absolute atomic E-state index is 12.6. The van der Waals surface area contributed by atoms with Crippen LogP contribution in [0.4, 0.5) is 5.69 Å². The number of carbonyl (C=O) groups is 1. The second-order valence-corrected chi connectivity index (χ2v) is 6.39. The van der Waals surface area contributed by atoms with Gasteiger partial charge in [0, 0.05) is 12.2 Å². The number of rotatable bonds is 5. The molecule has 0 unspecified atom stereocenters. The summed E-state index contributed by atoms with van der Waals surface area (Å²) in [6.45, 7) is 2.11. The summed E-state index contributed by atoms with van der Waals surface area (Å²) in [4.78, 5) is 15.0. The van der Waals surface area contributed by atoms with Crippen molar-refractivity contribution in [1.82, 2.24) is 25.1 Å². The van der Waals surface area contributed by atoms with Crippen LogP contribution in [0.25, 0.3) is 5.69 Å². The van der Waals surface area contributed by atoms with Crippen LogP contribution in [0.1, 0.15) is 25.7 Å². The van der Waals surface area contributed by atoms with Crippen LogP contribution in [0.3, 0.4) is 0 Å². The molecule has 7 nitrogen and oxygen atoms in total. The zero-order valence-corrected chi connectivity index (χ0v) is 12.9. The van der Waals surface area contributed by atoms with Gasteiger partial charge >= 0.3 is 0 Å². The van der Waals surface area contributed by atoms with E-state index in [0.29, 0.717) is 0 Å². The Balaban J connectivity index is 1.44. The third-order valence-electron chi connectivity index (χ3n) is 4.58. The lowest BCUT2D eigenvalue weighted by Gasteiger charge is -2.23. The zero-order chi connectivity index (χ0) is 15.6. The van der Waals surface area contributed by atoms with Crippen LogP contribution >= 0.6 is 0 Å². The molecular weight excluding hydrogens is 292 g/mol. The van der Waals surface area contributed by atoms with E-state index in [9.17, 15) is 4.79 Å². The second-order valence-electron chi connectivity index (χ2n) is 6.39. The first-order chi connectivity index (χ1) is 11.3. The van der Waals surface area contributed by atoms with Crippen molar-refractivity contribution >= 4 is 11.6 Å². The molecule has 2 aliphatic rings. The van der Waals surface area contributed by atoms with Crippen LogP contribution in [0.5, 0.6) is 0 Å². The summed E-state index contributed by atoms with van der Waals surface area (Å²) in [6, 6.07) is 7.58. The molecule has 0 bridgehead atoms. The number of hydrogen-bond donors (Lipinski definition) is 1. The van der Waals surface area contributed by atoms with E-state index in [1.807, 2.05) is 24.3 Å². The molecular formula is C16H20N6O. The van der Waals surface area contributed by atoms with Crippen molar-refractivity contribution in [2.45, 2.75) is 31.7 Å². The molecule has 1 atom stereocenters. The van der Waals surface area contributed by atoms with E-state index in [1.54, 1.807) is 4.68 Å². The van der Waals surface area contributed by atoms with Crippen LogP contribution in [-0.2, 0) is 4.79 Å². The summed E-state index contributed by atoms with van der Waals surface area (Å²) < 4.78 is 1.57. The maximum atomic E-state index is 12.6. The number of benzene rings is 1. The van der Waals surface area contributed by atoms with Gasteiger partial charge in [0.05, 0.1) is 11.7 Å². The van der Waals surface area contributed by atoms with Crippen molar-refractivity contribution in [1.29, 1.82) is 0 Å². The number of aromatic nitrogens is 4. The van der Waals surface area contributed by atoms with Crippen LogP contribution in [0.15, 0.2) is 30.6 Å². The van der Waals surface area contributed by atoms with Crippen molar-refractivity contribution in [2.75, 3.05) is 18.4 Å². The normalized spacial score (nSPS) is 21.5. The Kier molecular flexibility index (Phi) is 3.78. The molecule has 1 aliphatic heterocycles. The van der Waals surface area contributed by atoms with Crippen molar-refractivity contribution in [3.8, 4) is 5.69 Å². The van der Waals surface area contributed by atoms with E-state index in [1.165, 1.54) is 19.2 Å². The molecule has 1 aromatic heterocycles. The topological polar surface area (TPSA) is 75.9 Å². The summed E-state index contributed by atoms with van der Waals surface area (Å²) in [7, 11) is 0. The molecule has 1 aliphatic carbocycles. The number of hydrogen-bond acceptors (Lipinski definition) is 5. The third-order valence-corrected chi connectivity index (χ3v) is 4.58. The summed E-state index contributed by atoms with van der Waals surface area (Å²) in [5.74, 6) is 0.906. The standard InChI is InChI=1S/C16H20N6O/c23-16(15-5-2-8-21(15)10-12-6-7-12)18-13-3-1-4-14(9-13)22-11-17-19-20-22/h1,3-4,9,11-12,15H,2,5-8,10H2,(H,18,23)/t15-/m1/s1. The van der Waals surface area contributed by atoms with E-state index in [4.69, 9.17) is 0 Å². The predicted molar refractivity (Wildman–Crippen MR) is 85.1 cm³/mol. The Morgan fingerprint density at radius 3 is 3.00 bits per heavy atom. The van der Waals surface area contributed by atoms with Crippen molar-refractivity contribution in [3.05, 3.63) is 30.6 Å². The largest absolute Gasteiger partial charge is 0.325 e. The van der Waals surface area contributed by atoms with Gasteiger partial charge in [0.15, 0.2) is 0 Å². The molecule has 4 rings (SSSR count). The van der Waals surface area contributed by atoms with E-state index < -0.39 is 0 Å². The van der Waals surface area contributed by atoms with Crippen molar-refractivity contribution in [2.24, 2.45) is 5.92 Å². The zero-order valence-electron chi connectivity index (χ0n) is 12.9. The highest BCUT2D eigenvalue weighted by atomic mass is 16.2. The SMILES string of the molecule is O=C(Nc1cccc(-n2cnnn2)c1)[C@H]1CCCN1CC1CC1. The highest BCUT2D eigenvalue weighted by Crippen LogP contribution is 2.32. The number of tetrazole rings is 1. The number of nitrogens with zero attached hydrogens (tertiary/aromatic N) is 5. The van der Waals surface area contributed by atoms with E-state index in [2.05, 4.69) is 25.7 Å². The van der Waals surface area contributed by atoms with Gasteiger partial charge in [-0.05, 0) is 66.8 Å². The Morgan fingerprint density at radius 1 is 1.30 bits per heavy atom. The highest BCUT2D eigenvalue weighted by Gasteiger charge is 2.34. The molecule has 1 saturated heterocycles. The lowest BCUT2D eigenvalue weighted by molar-refractivity contribution is -0.120. The Bertz CT molecular complexity index is 682. The van der Waals surface area contributed by atoms with Crippen LogP contribution in [-0.4, -0.2) is 50.1 Å². The average molecular weight is 312 g/mol. The molecule has 7 heteroatoms. The summed E-state index contributed by atoms with van der Waals surface area (Å²) in [5.41, 5.74) is 1.61. The quantitative estimate of drug-likeness (QED) is 0.905. The van der Waals surface area contributed by atoms with Gasteiger partial charge in [-0.3, -0.25) is 9.69 Å². The van der Waals surface area contributed by atoms with Gasteiger partial charge in [-0.2, -0.15) is 0 Å². The van der Waals surface area contributed by atoms with Crippen molar-refractivity contribution < 1.29 is 4.79 Å². The lowest BCUT2D eigenvalue weighted by Crippen LogP contribution is -2.40. The van der Waals surface area contributed by atoms with Crippen LogP contribution < -0.4 is 5.32 Å². The number of amides is 1. The first kappa shape index (κ1) is 14.3.